The zero-order valence-corrected chi connectivity index (χ0v) is 13.3. The molecule has 1 N–H and O–H groups in total. The van der Waals surface area contributed by atoms with E-state index in [1.165, 1.54) is 53.5 Å². The first-order valence-corrected chi connectivity index (χ1v) is 8.41. The summed E-state index contributed by atoms with van der Waals surface area (Å²) in [5, 5.41) is 0. The first-order chi connectivity index (χ1) is 11.4. The molecule has 2 aromatic carbocycles. The number of hydrogen-bond acceptors (Lipinski definition) is 0. The Morgan fingerprint density at radius 3 is 2.39 bits per heavy atom. The highest BCUT2D eigenvalue weighted by Crippen LogP contribution is 2.38. The van der Waals surface area contributed by atoms with E-state index < -0.39 is 0 Å². The lowest BCUT2D eigenvalue weighted by Crippen LogP contribution is -2.08. The molecule has 23 heavy (non-hydrogen) atoms. The van der Waals surface area contributed by atoms with Gasteiger partial charge in [0.2, 0.25) is 0 Å². The fourth-order valence-electron chi connectivity index (χ4n) is 3.64. The van der Waals surface area contributed by atoms with Crippen LogP contribution in [0.1, 0.15) is 28.7 Å². The lowest BCUT2D eigenvalue weighted by Gasteiger charge is -2.24. The molecule has 0 saturated carbocycles. The van der Waals surface area contributed by atoms with Gasteiger partial charge in [-0.3, -0.25) is 0 Å². The van der Waals surface area contributed by atoms with Crippen molar-refractivity contribution in [2.24, 2.45) is 0 Å². The average molecular weight is 299 g/mol. The largest absolute Gasteiger partial charge is 0.368 e. The smallest absolute Gasteiger partial charge is 0.000496 e. The predicted molar refractivity (Wildman–Crippen MR) is 97.4 cm³/mol. The zero-order chi connectivity index (χ0) is 15.5. The van der Waals surface area contributed by atoms with Crippen molar-refractivity contribution in [1.29, 1.82) is 0 Å². The zero-order valence-electron chi connectivity index (χ0n) is 13.3. The molecule has 0 radical (unpaired) electrons. The maximum Gasteiger partial charge on any atom is 0.000496 e. The Bertz CT molecular complexity index is 808. The third-order valence-electron chi connectivity index (χ3n) is 4.76. The average Bonchev–Trinajstić information content (AvgIpc) is 3.21. The number of nitrogens with one attached hydrogen (secondary N) is 1. The molecule has 0 atom stereocenters. The van der Waals surface area contributed by atoms with Gasteiger partial charge in [-0.1, -0.05) is 48.6 Å². The second-order valence-electron chi connectivity index (χ2n) is 6.15. The highest BCUT2D eigenvalue weighted by molar-refractivity contribution is 5.78. The van der Waals surface area contributed by atoms with Crippen molar-refractivity contribution >= 4 is 6.08 Å². The van der Waals surface area contributed by atoms with E-state index in [-0.39, 0.29) is 0 Å². The number of aromatic amines is 1. The van der Waals surface area contributed by atoms with E-state index in [1.807, 2.05) is 24.5 Å². The Kier molecular flexibility index (Phi) is 3.85. The first-order valence-electron chi connectivity index (χ1n) is 8.41. The summed E-state index contributed by atoms with van der Waals surface area (Å²) >= 11 is 0. The molecule has 0 amide bonds. The monoisotopic (exact) mass is 299 g/mol. The molecule has 0 spiro atoms. The Morgan fingerprint density at radius 1 is 0.696 bits per heavy atom. The maximum absolute atomic E-state index is 2.86. The van der Waals surface area contributed by atoms with Crippen LogP contribution in [0.25, 0.3) is 17.2 Å². The lowest BCUT2D eigenvalue weighted by molar-refractivity contribution is 0.915. The van der Waals surface area contributed by atoms with E-state index in [0.717, 1.165) is 0 Å². The number of H-pyrrole nitrogens is 1. The van der Waals surface area contributed by atoms with Crippen LogP contribution in [-0.4, -0.2) is 4.98 Å². The van der Waals surface area contributed by atoms with Gasteiger partial charge >= 0.3 is 0 Å². The third kappa shape index (κ3) is 2.75. The van der Waals surface area contributed by atoms with Crippen molar-refractivity contribution in [2.45, 2.75) is 25.7 Å². The normalized spacial score (nSPS) is 14.1. The summed E-state index contributed by atoms with van der Waals surface area (Å²) in [6.07, 6.45) is 13.2. The number of aromatic nitrogens is 1. The van der Waals surface area contributed by atoms with E-state index in [2.05, 4.69) is 53.5 Å². The van der Waals surface area contributed by atoms with E-state index in [4.69, 9.17) is 0 Å². The maximum atomic E-state index is 2.86. The molecular weight excluding hydrogens is 278 g/mol. The minimum absolute atomic E-state index is 1.19. The SMILES string of the molecule is C1=Cc2c(ccc3c2CCc2ccccc2-3)CC1.c1cc[nH]c1. The third-order valence-corrected chi connectivity index (χ3v) is 4.76. The van der Waals surface area contributed by atoms with Gasteiger partial charge in [0.1, 0.15) is 0 Å². The number of fused-ring (bicyclic) bond motifs is 5. The standard InChI is InChI=1S/C18H16.C4H5N/c1-3-7-15-13(5-1)9-11-18-16-8-4-2-6-14(16)10-12-17(15)18;1-2-4-5-3-1/h1,3-5,7-8,10,12H,2,6,9,11H2;1-5H. The van der Waals surface area contributed by atoms with Crippen LogP contribution in [0.15, 0.2) is 67.0 Å². The second-order valence-corrected chi connectivity index (χ2v) is 6.15. The van der Waals surface area contributed by atoms with Crippen molar-refractivity contribution in [3.05, 3.63) is 89.3 Å². The summed E-state index contributed by atoms with van der Waals surface area (Å²) in [6, 6.07) is 17.4. The summed E-state index contributed by atoms with van der Waals surface area (Å²) in [4.78, 5) is 2.86. The van der Waals surface area contributed by atoms with E-state index in [0.29, 0.717) is 0 Å². The fraction of sp³-hybridized carbons (Fsp3) is 0.182. The van der Waals surface area contributed by atoms with Crippen molar-refractivity contribution in [1.82, 2.24) is 4.98 Å². The van der Waals surface area contributed by atoms with Crippen LogP contribution < -0.4 is 0 Å². The van der Waals surface area contributed by atoms with Crippen molar-refractivity contribution < 1.29 is 0 Å². The first kappa shape index (κ1) is 14.1. The molecule has 0 bridgehead atoms. The highest BCUT2D eigenvalue weighted by atomic mass is 14.6. The van der Waals surface area contributed by atoms with Gasteiger partial charge in [0.25, 0.3) is 0 Å². The molecule has 0 aliphatic heterocycles. The topological polar surface area (TPSA) is 15.8 Å². The summed E-state index contributed by atoms with van der Waals surface area (Å²) in [7, 11) is 0. The molecule has 2 aliphatic rings. The van der Waals surface area contributed by atoms with Crippen LogP contribution >= 0.6 is 0 Å². The number of rotatable bonds is 0. The van der Waals surface area contributed by atoms with Crippen LogP contribution in [-0.2, 0) is 19.3 Å². The second kappa shape index (κ2) is 6.29. The van der Waals surface area contributed by atoms with Gasteiger partial charge in [-0.25, -0.2) is 0 Å². The Morgan fingerprint density at radius 2 is 1.57 bits per heavy atom. The van der Waals surface area contributed by atoms with Gasteiger partial charge < -0.3 is 4.98 Å². The van der Waals surface area contributed by atoms with E-state index in [9.17, 15) is 0 Å². The summed E-state index contributed by atoms with van der Waals surface area (Å²) in [6.45, 7) is 0. The quantitative estimate of drug-likeness (QED) is 0.570. The van der Waals surface area contributed by atoms with Crippen LogP contribution in [0.4, 0.5) is 0 Å². The highest BCUT2D eigenvalue weighted by Gasteiger charge is 2.19. The Labute approximate surface area is 137 Å². The van der Waals surface area contributed by atoms with Gasteiger partial charge in [0, 0.05) is 12.4 Å². The van der Waals surface area contributed by atoms with Crippen molar-refractivity contribution in [2.75, 3.05) is 0 Å². The molecule has 1 aromatic heterocycles. The Hall–Kier alpha value is -2.54. The molecule has 1 heteroatoms. The van der Waals surface area contributed by atoms with Gasteiger partial charge in [-0.05, 0) is 71.2 Å². The van der Waals surface area contributed by atoms with Crippen LogP contribution in [0.2, 0.25) is 0 Å². The Balaban J connectivity index is 0.000000233. The number of hydrogen-bond donors (Lipinski definition) is 1. The minimum atomic E-state index is 1.19. The molecule has 114 valence electrons. The van der Waals surface area contributed by atoms with Gasteiger partial charge in [-0.15, -0.1) is 0 Å². The van der Waals surface area contributed by atoms with Crippen LogP contribution in [0, 0.1) is 0 Å². The number of aryl methyl sites for hydroxylation is 2. The number of benzene rings is 2. The van der Waals surface area contributed by atoms with Crippen molar-refractivity contribution in [3.8, 4) is 11.1 Å². The van der Waals surface area contributed by atoms with Crippen molar-refractivity contribution in [3.63, 3.8) is 0 Å². The molecule has 2 aliphatic carbocycles. The van der Waals surface area contributed by atoms with E-state index >= 15 is 0 Å². The molecule has 0 saturated heterocycles. The molecule has 1 nitrogen and oxygen atoms in total. The molecule has 5 rings (SSSR count). The summed E-state index contributed by atoms with van der Waals surface area (Å²) in [5.41, 5.74) is 9.03. The number of allylic oxidation sites excluding steroid dienone is 1. The summed E-state index contributed by atoms with van der Waals surface area (Å²) < 4.78 is 0. The van der Waals surface area contributed by atoms with Gasteiger partial charge in [0.05, 0.1) is 0 Å². The molecular formula is C22H21N. The summed E-state index contributed by atoms with van der Waals surface area (Å²) in [5.74, 6) is 0. The fourth-order valence-corrected chi connectivity index (χ4v) is 3.64. The minimum Gasteiger partial charge on any atom is -0.368 e. The van der Waals surface area contributed by atoms with Gasteiger partial charge in [-0.2, -0.15) is 0 Å². The van der Waals surface area contributed by atoms with Crippen LogP contribution in [0.5, 0.6) is 0 Å². The lowest BCUT2D eigenvalue weighted by atomic mass is 9.80. The van der Waals surface area contributed by atoms with Crippen LogP contribution in [0.3, 0.4) is 0 Å². The van der Waals surface area contributed by atoms with E-state index in [1.54, 1.807) is 5.56 Å². The molecule has 0 fully saturated rings. The molecule has 0 unspecified atom stereocenters. The molecule has 3 aromatic rings. The predicted octanol–water partition coefficient (Wildman–Crippen LogP) is 5.43. The van der Waals surface area contributed by atoms with Gasteiger partial charge in [0.15, 0.2) is 0 Å². The molecule has 1 heterocycles.